The smallest absolute Gasteiger partial charge is 0.0481 e. The first-order valence-corrected chi connectivity index (χ1v) is 6.27. The first kappa shape index (κ1) is 10.5. The van der Waals surface area contributed by atoms with Gasteiger partial charge in [0, 0.05) is 29.9 Å². The molecule has 2 rings (SSSR count). The molecule has 0 spiro atoms. The lowest BCUT2D eigenvalue weighted by Gasteiger charge is -2.29. The minimum atomic E-state index is 0.829. The normalized spacial score (nSPS) is 23.8. The highest BCUT2D eigenvalue weighted by Gasteiger charge is 2.16. The first-order chi connectivity index (χ1) is 6.84. The van der Waals surface area contributed by atoms with E-state index < -0.39 is 0 Å². The van der Waals surface area contributed by atoms with Gasteiger partial charge in [0.25, 0.3) is 0 Å². The fraction of sp³-hybridized carbons (Fsp3) is 0.636. The van der Waals surface area contributed by atoms with Crippen molar-refractivity contribution in [3.8, 4) is 0 Å². The molecule has 0 saturated carbocycles. The van der Waals surface area contributed by atoms with Crippen molar-refractivity contribution >= 4 is 22.6 Å². The molecule has 0 radical (unpaired) electrons. The van der Waals surface area contributed by atoms with Crippen LogP contribution in [0.25, 0.3) is 0 Å². The fourth-order valence-corrected chi connectivity index (χ4v) is 2.60. The van der Waals surface area contributed by atoms with Gasteiger partial charge in [0.2, 0.25) is 0 Å². The Hall–Kier alpha value is -0.0300. The molecule has 0 atom stereocenters. The Morgan fingerprint density at radius 1 is 1.43 bits per heavy atom. The summed E-state index contributed by atoms with van der Waals surface area (Å²) in [5.41, 5.74) is 0. The van der Waals surface area contributed by atoms with Gasteiger partial charge in [-0.2, -0.15) is 0 Å². The van der Waals surface area contributed by atoms with Crippen molar-refractivity contribution in [3.05, 3.63) is 21.9 Å². The summed E-state index contributed by atoms with van der Waals surface area (Å²) in [6.45, 7) is 4.19. The predicted octanol–water partition coefficient (Wildman–Crippen LogP) is 2.56. The zero-order valence-electron chi connectivity index (χ0n) is 8.29. The summed E-state index contributed by atoms with van der Waals surface area (Å²) < 4.78 is 6.79. The Kier molecular flexibility index (Phi) is 3.87. The topological polar surface area (TPSA) is 12.5 Å². The van der Waals surface area contributed by atoms with Gasteiger partial charge in [0.1, 0.15) is 0 Å². The fourth-order valence-electron chi connectivity index (χ4n) is 1.95. The molecule has 2 aliphatic heterocycles. The van der Waals surface area contributed by atoms with Crippen LogP contribution in [0.3, 0.4) is 0 Å². The van der Waals surface area contributed by atoms with Crippen LogP contribution in [0.1, 0.15) is 12.8 Å². The number of nitrogens with zero attached hydrogens (tertiary/aromatic N) is 1. The van der Waals surface area contributed by atoms with Crippen LogP contribution in [-0.2, 0) is 4.74 Å². The lowest BCUT2D eigenvalue weighted by atomic mass is 10.00. The number of hydrogen-bond donors (Lipinski definition) is 0. The second-order valence-corrected chi connectivity index (χ2v) is 5.33. The molecule has 2 nitrogen and oxygen atoms in total. The van der Waals surface area contributed by atoms with E-state index in [1.54, 1.807) is 0 Å². The third-order valence-corrected chi connectivity index (χ3v) is 3.46. The summed E-state index contributed by atoms with van der Waals surface area (Å²) in [4.78, 5) is 2.41. The highest BCUT2D eigenvalue weighted by atomic mass is 127. The number of halogens is 1. The molecule has 3 heteroatoms. The summed E-state index contributed by atoms with van der Waals surface area (Å²) in [6, 6.07) is 0. The van der Waals surface area contributed by atoms with E-state index in [2.05, 4.69) is 45.8 Å². The van der Waals surface area contributed by atoms with E-state index in [1.165, 1.54) is 23.0 Å². The van der Waals surface area contributed by atoms with Crippen molar-refractivity contribution < 1.29 is 4.74 Å². The molecule has 78 valence electrons. The van der Waals surface area contributed by atoms with Crippen molar-refractivity contribution in [2.75, 3.05) is 26.3 Å². The number of rotatable bonds is 2. The Balaban J connectivity index is 1.80. The quantitative estimate of drug-likeness (QED) is 0.727. The van der Waals surface area contributed by atoms with Gasteiger partial charge in [-0.15, -0.1) is 0 Å². The summed E-state index contributed by atoms with van der Waals surface area (Å²) >= 11 is 2.41. The average Bonchev–Trinajstić information content (AvgIpc) is 2.19. The van der Waals surface area contributed by atoms with Gasteiger partial charge in [-0.1, -0.05) is 0 Å². The van der Waals surface area contributed by atoms with Gasteiger partial charge < -0.3 is 9.64 Å². The number of hydrogen-bond acceptors (Lipinski definition) is 2. The maximum Gasteiger partial charge on any atom is 0.0481 e. The van der Waals surface area contributed by atoms with Gasteiger partial charge in [0.05, 0.1) is 0 Å². The van der Waals surface area contributed by atoms with Crippen LogP contribution in [0.4, 0.5) is 0 Å². The molecule has 0 amide bonds. The van der Waals surface area contributed by atoms with Crippen LogP contribution >= 0.6 is 22.6 Å². The lowest BCUT2D eigenvalue weighted by molar-refractivity contribution is 0.0586. The van der Waals surface area contributed by atoms with Crippen molar-refractivity contribution in [2.45, 2.75) is 12.8 Å². The lowest BCUT2D eigenvalue weighted by Crippen LogP contribution is -2.30. The van der Waals surface area contributed by atoms with Crippen LogP contribution in [0.5, 0.6) is 0 Å². The summed E-state index contributed by atoms with van der Waals surface area (Å²) in [5.74, 6) is 0.829. The molecule has 0 bridgehead atoms. The Bertz CT molecular complexity index is 244. The Morgan fingerprint density at radius 2 is 2.21 bits per heavy atom. The minimum Gasteiger partial charge on any atom is -0.381 e. The third kappa shape index (κ3) is 2.98. The Labute approximate surface area is 99.1 Å². The SMILES string of the molecule is IC1=CC=CN(CC2CCOCC2)C1. The molecule has 0 N–H and O–H groups in total. The van der Waals surface area contributed by atoms with Crippen LogP contribution in [0.2, 0.25) is 0 Å². The van der Waals surface area contributed by atoms with Crippen molar-refractivity contribution in [1.82, 2.24) is 4.90 Å². The highest BCUT2D eigenvalue weighted by Crippen LogP contribution is 2.20. The molecule has 1 saturated heterocycles. The van der Waals surface area contributed by atoms with Crippen LogP contribution in [0.15, 0.2) is 21.9 Å². The van der Waals surface area contributed by atoms with E-state index in [1.807, 2.05) is 0 Å². The van der Waals surface area contributed by atoms with E-state index in [0.717, 1.165) is 25.7 Å². The van der Waals surface area contributed by atoms with E-state index >= 15 is 0 Å². The van der Waals surface area contributed by atoms with E-state index in [-0.39, 0.29) is 0 Å². The zero-order chi connectivity index (χ0) is 9.80. The van der Waals surface area contributed by atoms with E-state index in [4.69, 9.17) is 4.74 Å². The zero-order valence-corrected chi connectivity index (χ0v) is 10.4. The number of allylic oxidation sites excluding steroid dienone is 2. The number of ether oxygens (including phenoxy) is 1. The monoisotopic (exact) mass is 305 g/mol. The average molecular weight is 305 g/mol. The maximum absolute atomic E-state index is 5.36. The van der Waals surface area contributed by atoms with Crippen molar-refractivity contribution in [2.24, 2.45) is 5.92 Å². The molecule has 0 aromatic carbocycles. The molecule has 2 aliphatic rings. The molecule has 1 fully saturated rings. The predicted molar refractivity (Wildman–Crippen MR) is 66.4 cm³/mol. The summed E-state index contributed by atoms with van der Waals surface area (Å²) in [5, 5.41) is 0. The first-order valence-electron chi connectivity index (χ1n) is 5.19. The molecule has 0 aliphatic carbocycles. The molecule has 0 aromatic heterocycles. The highest BCUT2D eigenvalue weighted by molar-refractivity contribution is 14.1. The standard InChI is InChI=1S/C11H16INO/c12-11-2-1-5-13(9-11)8-10-3-6-14-7-4-10/h1-2,5,10H,3-4,6-9H2. The van der Waals surface area contributed by atoms with Crippen LogP contribution in [0, 0.1) is 5.92 Å². The minimum absolute atomic E-state index is 0.829. The summed E-state index contributed by atoms with van der Waals surface area (Å²) in [6.07, 6.45) is 8.98. The van der Waals surface area contributed by atoms with Crippen molar-refractivity contribution in [3.63, 3.8) is 0 Å². The maximum atomic E-state index is 5.36. The van der Waals surface area contributed by atoms with E-state index in [0.29, 0.717) is 0 Å². The summed E-state index contributed by atoms with van der Waals surface area (Å²) in [7, 11) is 0. The molecule has 0 unspecified atom stereocenters. The second kappa shape index (κ2) is 5.16. The molecular formula is C11H16INO. The van der Waals surface area contributed by atoms with Crippen molar-refractivity contribution in [1.29, 1.82) is 0 Å². The molecule has 0 aromatic rings. The molecule has 2 heterocycles. The molecule has 14 heavy (non-hydrogen) atoms. The molecular weight excluding hydrogens is 289 g/mol. The van der Waals surface area contributed by atoms with Crippen LogP contribution in [-0.4, -0.2) is 31.2 Å². The van der Waals surface area contributed by atoms with Gasteiger partial charge in [-0.05, 0) is 59.7 Å². The third-order valence-electron chi connectivity index (χ3n) is 2.76. The van der Waals surface area contributed by atoms with Crippen LogP contribution < -0.4 is 0 Å². The Morgan fingerprint density at radius 3 is 2.93 bits per heavy atom. The second-order valence-electron chi connectivity index (χ2n) is 3.94. The van der Waals surface area contributed by atoms with Gasteiger partial charge in [-0.25, -0.2) is 0 Å². The van der Waals surface area contributed by atoms with E-state index in [9.17, 15) is 0 Å². The largest absolute Gasteiger partial charge is 0.381 e. The van der Waals surface area contributed by atoms with Gasteiger partial charge in [-0.3, -0.25) is 0 Å². The van der Waals surface area contributed by atoms with Gasteiger partial charge >= 0.3 is 0 Å². The van der Waals surface area contributed by atoms with Gasteiger partial charge in [0.15, 0.2) is 0 Å².